The van der Waals surface area contributed by atoms with Crippen molar-refractivity contribution >= 4 is 34.2 Å². The molecule has 0 aliphatic carbocycles. The van der Waals surface area contributed by atoms with E-state index in [0.29, 0.717) is 11.6 Å². The lowest BCUT2D eigenvalue weighted by atomic mass is 9.88. The van der Waals surface area contributed by atoms with Crippen molar-refractivity contribution in [2.24, 2.45) is 0 Å². The van der Waals surface area contributed by atoms with Gasteiger partial charge in [0, 0.05) is 42.8 Å². The van der Waals surface area contributed by atoms with E-state index in [4.69, 9.17) is 16.3 Å². The summed E-state index contributed by atoms with van der Waals surface area (Å²) in [5.41, 5.74) is 7.38. The molecule has 0 spiro atoms. The summed E-state index contributed by atoms with van der Waals surface area (Å²) in [6.07, 6.45) is -0.0188. The quantitative estimate of drug-likeness (QED) is 0.639. The monoisotopic (exact) mass is 412 g/mol. The largest absolute Gasteiger partial charge is 0.481 e. The number of aromatic nitrogens is 1. The van der Waals surface area contributed by atoms with Gasteiger partial charge in [-0.2, -0.15) is 0 Å². The van der Waals surface area contributed by atoms with Crippen LogP contribution in [0.3, 0.4) is 0 Å². The number of carboxylic acid groups (broad SMARTS) is 1. The van der Waals surface area contributed by atoms with Crippen LogP contribution in [0.25, 0.3) is 22.0 Å². The first-order chi connectivity index (χ1) is 13.9. The van der Waals surface area contributed by atoms with Crippen molar-refractivity contribution in [1.29, 1.82) is 0 Å². The van der Waals surface area contributed by atoms with Gasteiger partial charge < -0.3 is 19.3 Å². The molecule has 0 saturated carbocycles. The molecule has 1 aliphatic rings. The maximum Gasteiger partial charge on any atom is 0.307 e. The number of hydrogen-bond acceptors (Lipinski definition) is 3. The highest BCUT2D eigenvalue weighted by Gasteiger charge is 2.28. The van der Waals surface area contributed by atoms with Crippen LogP contribution < -0.4 is 4.90 Å². The van der Waals surface area contributed by atoms with Crippen LogP contribution >= 0.6 is 11.6 Å². The molecule has 0 saturated heterocycles. The molecule has 2 aromatic carbocycles. The molecule has 0 fully saturated rings. The second-order valence-corrected chi connectivity index (χ2v) is 8.02. The fourth-order valence-corrected chi connectivity index (χ4v) is 4.67. The molecular formula is C23H25ClN2O3. The highest BCUT2D eigenvalue weighted by molar-refractivity contribution is 6.30. The third kappa shape index (κ3) is 3.38. The van der Waals surface area contributed by atoms with Gasteiger partial charge in [0.2, 0.25) is 0 Å². The molecule has 0 radical (unpaired) electrons. The van der Waals surface area contributed by atoms with Crippen molar-refractivity contribution in [2.75, 3.05) is 31.7 Å². The summed E-state index contributed by atoms with van der Waals surface area (Å²) in [6.45, 7) is 7.37. The van der Waals surface area contributed by atoms with Crippen LogP contribution in [0.4, 0.5) is 5.69 Å². The summed E-state index contributed by atoms with van der Waals surface area (Å²) in [6, 6.07) is 9.85. The molecule has 152 valence electrons. The third-order valence-corrected chi connectivity index (χ3v) is 6.10. The minimum absolute atomic E-state index is 0.0188. The minimum atomic E-state index is -0.828. The first-order valence-electron chi connectivity index (χ1n) is 9.79. The number of nitrogens with zero attached hydrogens (tertiary/aromatic N) is 2. The summed E-state index contributed by atoms with van der Waals surface area (Å²) in [5.74, 6) is -0.828. The Morgan fingerprint density at radius 1 is 1.21 bits per heavy atom. The Labute approximate surface area is 175 Å². The predicted molar refractivity (Wildman–Crippen MR) is 117 cm³/mol. The Morgan fingerprint density at radius 3 is 2.59 bits per heavy atom. The molecule has 1 aliphatic heterocycles. The van der Waals surface area contributed by atoms with Gasteiger partial charge in [0.15, 0.2) is 0 Å². The van der Waals surface area contributed by atoms with Crippen LogP contribution in [0.15, 0.2) is 30.3 Å². The Morgan fingerprint density at radius 2 is 1.93 bits per heavy atom. The summed E-state index contributed by atoms with van der Waals surface area (Å²) in [4.78, 5) is 14.1. The molecule has 29 heavy (non-hydrogen) atoms. The van der Waals surface area contributed by atoms with Crippen molar-refractivity contribution in [3.05, 3.63) is 52.2 Å². The number of hydrogen-bond donors (Lipinski definition) is 1. The first kappa shape index (κ1) is 19.8. The van der Waals surface area contributed by atoms with E-state index in [0.717, 1.165) is 53.0 Å². The lowest BCUT2D eigenvalue weighted by Crippen LogP contribution is -2.35. The molecule has 5 nitrogen and oxygen atoms in total. The van der Waals surface area contributed by atoms with E-state index < -0.39 is 5.97 Å². The van der Waals surface area contributed by atoms with Crippen LogP contribution in [0.5, 0.6) is 0 Å². The molecule has 0 amide bonds. The van der Waals surface area contributed by atoms with E-state index in [1.165, 1.54) is 11.2 Å². The molecule has 1 N–H and O–H groups in total. The van der Waals surface area contributed by atoms with E-state index in [9.17, 15) is 9.90 Å². The second kappa shape index (κ2) is 7.73. The summed E-state index contributed by atoms with van der Waals surface area (Å²) in [7, 11) is 1.71. The first-order valence-corrected chi connectivity index (χ1v) is 10.2. The van der Waals surface area contributed by atoms with Crippen molar-refractivity contribution < 1.29 is 14.6 Å². The summed E-state index contributed by atoms with van der Waals surface area (Å²) in [5, 5.41) is 11.4. The zero-order valence-electron chi connectivity index (χ0n) is 17.0. The van der Waals surface area contributed by atoms with Gasteiger partial charge in [0.05, 0.1) is 24.2 Å². The summed E-state index contributed by atoms with van der Waals surface area (Å²) < 4.78 is 7.67. The second-order valence-electron chi connectivity index (χ2n) is 7.58. The van der Waals surface area contributed by atoms with Gasteiger partial charge in [0.25, 0.3) is 0 Å². The summed E-state index contributed by atoms with van der Waals surface area (Å²) >= 11 is 6.11. The van der Waals surface area contributed by atoms with Gasteiger partial charge >= 0.3 is 5.97 Å². The van der Waals surface area contributed by atoms with Gasteiger partial charge in [-0.05, 0) is 54.3 Å². The standard InChI is InChI=1S/C23H25ClN2O3/c1-14-12-19-21(16-4-6-17(24)7-5-16)18(13-20(27)28)15(2)22-23(19)26(14)9-8-25(22)10-11-29-3/h4-7,12H,8-11,13H2,1-3H3,(H,27,28). The van der Waals surface area contributed by atoms with E-state index >= 15 is 0 Å². The number of methoxy groups -OCH3 is 1. The number of ether oxygens (including phenoxy) is 1. The maximum absolute atomic E-state index is 11.8. The highest BCUT2D eigenvalue weighted by atomic mass is 35.5. The molecule has 0 atom stereocenters. The highest BCUT2D eigenvalue weighted by Crippen LogP contribution is 2.44. The molecule has 2 heterocycles. The topological polar surface area (TPSA) is 54.7 Å². The van der Waals surface area contributed by atoms with E-state index in [1.807, 2.05) is 31.2 Å². The van der Waals surface area contributed by atoms with Crippen LogP contribution in [-0.4, -0.2) is 42.4 Å². The van der Waals surface area contributed by atoms with E-state index in [1.54, 1.807) is 7.11 Å². The molecule has 0 unspecified atom stereocenters. The number of rotatable bonds is 6. The third-order valence-electron chi connectivity index (χ3n) is 5.84. The zero-order valence-corrected chi connectivity index (χ0v) is 17.7. The number of anilines is 1. The Bertz CT molecular complexity index is 1090. The number of aryl methyl sites for hydroxylation is 1. The van der Waals surface area contributed by atoms with Gasteiger partial charge in [0.1, 0.15) is 0 Å². The lowest BCUT2D eigenvalue weighted by molar-refractivity contribution is -0.136. The molecule has 3 aromatic rings. The van der Waals surface area contributed by atoms with Crippen molar-refractivity contribution in [1.82, 2.24) is 4.57 Å². The number of aliphatic carboxylic acids is 1. The molecule has 4 rings (SSSR count). The number of carboxylic acids is 1. The van der Waals surface area contributed by atoms with Gasteiger partial charge in [-0.1, -0.05) is 23.7 Å². The predicted octanol–water partition coefficient (Wildman–Crippen LogP) is 4.67. The SMILES string of the molecule is COCCN1CCn2c(C)cc3c(-c4ccc(Cl)cc4)c(CC(=O)O)c(C)c1c32. The molecule has 6 heteroatoms. The fraction of sp³-hybridized carbons (Fsp3) is 0.348. The average molecular weight is 413 g/mol. The average Bonchev–Trinajstić information content (AvgIpc) is 3.02. The lowest BCUT2D eigenvalue weighted by Gasteiger charge is -2.34. The Kier molecular flexibility index (Phi) is 5.28. The van der Waals surface area contributed by atoms with Crippen LogP contribution in [0.2, 0.25) is 5.02 Å². The van der Waals surface area contributed by atoms with Gasteiger partial charge in [-0.3, -0.25) is 4.79 Å². The van der Waals surface area contributed by atoms with Crippen molar-refractivity contribution in [3.63, 3.8) is 0 Å². The number of benzene rings is 2. The van der Waals surface area contributed by atoms with Crippen molar-refractivity contribution in [3.8, 4) is 11.1 Å². The minimum Gasteiger partial charge on any atom is -0.481 e. The molecular weight excluding hydrogens is 388 g/mol. The maximum atomic E-state index is 11.8. The Hall–Kier alpha value is -2.50. The number of halogens is 1. The van der Waals surface area contributed by atoms with E-state index in [-0.39, 0.29) is 6.42 Å². The van der Waals surface area contributed by atoms with Crippen LogP contribution in [-0.2, 0) is 22.5 Å². The van der Waals surface area contributed by atoms with Gasteiger partial charge in [-0.25, -0.2) is 0 Å². The fourth-order valence-electron chi connectivity index (χ4n) is 4.54. The molecule has 0 bridgehead atoms. The van der Waals surface area contributed by atoms with Crippen LogP contribution in [0, 0.1) is 13.8 Å². The van der Waals surface area contributed by atoms with Crippen molar-refractivity contribution in [2.45, 2.75) is 26.8 Å². The smallest absolute Gasteiger partial charge is 0.307 e. The zero-order chi connectivity index (χ0) is 20.7. The van der Waals surface area contributed by atoms with E-state index in [2.05, 4.69) is 22.5 Å². The van der Waals surface area contributed by atoms with Crippen LogP contribution in [0.1, 0.15) is 16.8 Å². The molecule has 1 aromatic heterocycles. The Balaban J connectivity index is 2.06. The number of carbonyl (C=O) groups is 1. The van der Waals surface area contributed by atoms with Gasteiger partial charge in [-0.15, -0.1) is 0 Å². The normalized spacial score (nSPS) is 13.3.